The van der Waals surface area contributed by atoms with E-state index in [4.69, 9.17) is 0 Å². The zero-order chi connectivity index (χ0) is 26.4. The number of carbonyl (C=O) groups excluding carboxylic acids is 3. The lowest BCUT2D eigenvalue weighted by Crippen LogP contribution is -2.31. The minimum atomic E-state index is -3.52. The van der Waals surface area contributed by atoms with Crippen molar-refractivity contribution in [2.24, 2.45) is 5.92 Å². The van der Waals surface area contributed by atoms with E-state index in [0.717, 1.165) is 18.1 Å². The molecule has 0 spiro atoms. The number of aryl methyl sites for hydroxylation is 1. The summed E-state index contributed by atoms with van der Waals surface area (Å²) < 4.78 is 51.1. The molecule has 1 fully saturated rings. The number of ketones is 2. The summed E-state index contributed by atoms with van der Waals surface area (Å²) in [5, 5.41) is 7.91. The van der Waals surface area contributed by atoms with Crippen LogP contribution in [0, 0.1) is 12.8 Å². The molecular weight excluding hydrogens is 492 g/mol. The Hall–Kier alpha value is -3.86. The first-order chi connectivity index (χ1) is 16.8. The van der Waals surface area contributed by atoms with Crippen molar-refractivity contribution < 1.29 is 31.6 Å². The second-order valence-electron chi connectivity index (χ2n) is 8.67. The molecule has 0 saturated carbocycles. The van der Waals surface area contributed by atoms with E-state index in [-0.39, 0.29) is 27.4 Å². The number of benzene rings is 2. The maximum atomic E-state index is 13.8. The Bertz CT molecular complexity index is 1450. The zero-order valence-electron chi connectivity index (χ0n) is 19.5. The molecule has 2 heterocycles. The molecule has 3 aromatic rings. The Kier molecular flexibility index (Phi) is 6.29. The number of hydrogen-bond acceptors (Lipinski definition) is 7. The van der Waals surface area contributed by atoms with Crippen LogP contribution in [0.1, 0.15) is 40.1 Å². The van der Waals surface area contributed by atoms with Gasteiger partial charge in [0.05, 0.1) is 16.6 Å². The summed E-state index contributed by atoms with van der Waals surface area (Å²) >= 11 is 0. The van der Waals surface area contributed by atoms with E-state index in [1.54, 1.807) is 13.0 Å². The van der Waals surface area contributed by atoms with Crippen molar-refractivity contribution in [3.05, 3.63) is 83.0 Å². The number of hydrogen-bond donors (Lipinski definition) is 0. The van der Waals surface area contributed by atoms with Gasteiger partial charge in [0.1, 0.15) is 5.92 Å². The van der Waals surface area contributed by atoms with Gasteiger partial charge in [0, 0.05) is 24.3 Å². The number of rotatable bonds is 6. The molecule has 0 N–H and O–H groups in total. The molecule has 1 aliphatic rings. The molecule has 1 aromatic heterocycles. The van der Waals surface area contributed by atoms with Gasteiger partial charge in [-0.05, 0) is 36.8 Å². The highest BCUT2D eigenvalue weighted by molar-refractivity contribution is 7.90. The van der Waals surface area contributed by atoms with Crippen molar-refractivity contribution in [2.45, 2.75) is 30.7 Å². The third-order valence-electron chi connectivity index (χ3n) is 5.95. The minimum absolute atomic E-state index is 0.0166. The van der Waals surface area contributed by atoms with Crippen LogP contribution in [0.25, 0.3) is 0 Å². The zero-order valence-corrected chi connectivity index (χ0v) is 20.3. The van der Waals surface area contributed by atoms with Crippen molar-refractivity contribution in [1.29, 1.82) is 0 Å². The van der Waals surface area contributed by atoms with Gasteiger partial charge in [0.2, 0.25) is 5.78 Å². The highest BCUT2D eigenvalue weighted by Crippen LogP contribution is 2.41. The van der Waals surface area contributed by atoms with Crippen LogP contribution >= 0.6 is 0 Å². The topological polar surface area (TPSA) is 114 Å². The molecule has 0 bridgehead atoms. The Balaban J connectivity index is 1.82. The van der Waals surface area contributed by atoms with Crippen LogP contribution in [0.5, 0.6) is 0 Å². The Morgan fingerprint density at radius 2 is 1.56 bits per heavy atom. The van der Waals surface area contributed by atoms with Crippen molar-refractivity contribution in [3.63, 3.8) is 0 Å². The van der Waals surface area contributed by atoms with Crippen molar-refractivity contribution in [2.75, 3.05) is 11.2 Å². The molecule has 2 unspecified atom stereocenters. The Morgan fingerprint density at radius 1 is 0.944 bits per heavy atom. The van der Waals surface area contributed by atoms with Crippen LogP contribution in [-0.2, 0) is 25.3 Å². The standard InChI is InChI=1S/C25H21F2N3O5S/c1-14-4-13-19(29-28-14)30-21(15-5-9-17(10-6-15)25(2,26)27)20(23(32)24(30)33)22(31)16-7-11-18(12-8-16)36(3,34)35/h4-13,20-21H,1-3H3. The summed E-state index contributed by atoms with van der Waals surface area (Å²) in [6.45, 7) is 2.42. The van der Waals surface area contributed by atoms with Gasteiger partial charge < -0.3 is 0 Å². The Labute approximate surface area is 205 Å². The van der Waals surface area contributed by atoms with E-state index >= 15 is 0 Å². The quantitative estimate of drug-likeness (QED) is 0.282. The maximum absolute atomic E-state index is 13.8. The normalized spacial score (nSPS) is 18.5. The summed E-state index contributed by atoms with van der Waals surface area (Å²) in [7, 11) is -3.52. The number of Topliss-reactive ketones (excluding diaryl/α,β-unsaturated/α-hetero) is 2. The fraction of sp³-hybridized carbons (Fsp3) is 0.240. The van der Waals surface area contributed by atoms with Crippen LogP contribution in [0.15, 0.2) is 65.6 Å². The van der Waals surface area contributed by atoms with Crippen molar-refractivity contribution in [3.8, 4) is 0 Å². The van der Waals surface area contributed by atoms with Gasteiger partial charge in [-0.2, -0.15) is 5.10 Å². The molecule has 0 radical (unpaired) electrons. The number of carbonyl (C=O) groups is 3. The van der Waals surface area contributed by atoms with Gasteiger partial charge in [-0.15, -0.1) is 5.10 Å². The summed E-state index contributed by atoms with van der Waals surface area (Å²) in [4.78, 5) is 40.7. The van der Waals surface area contributed by atoms with Crippen molar-refractivity contribution >= 4 is 33.1 Å². The van der Waals surface area contributed by atoms with E-state index in [0.29, 0.717) is 5.69 Å². The maximum Gasteiger partial charge on any atom is 0.297 e. The smallest absolute Gasteiger partial charge is 0.293 e. The van der Waals surface area contributed by atoms with Gasteiger partial charge in [-0.1, -0.05) is 36.4 Å². The molecule has 2 atom stereocenters. The first kappa shape index (κ1) is 25.2. The number of amides is 1. The molecule has 4 rings (SSSR count). The number of alkyl halides is 2. The third kappa shape index (κ3) is 4.66. The summed E-state index contributed by atoms with van der Waals surface area (Å²) in [5.74, 6) is -7.31. The summed E-state index contributed by atoms with van der Waals surface area (Å²) in [6.07, 6.45) is 1.02. The second-order valence-corrected chi connectivity index (χ2v) is 10.7. The molecule has 186 valence electrons. The van der Waals surface area contributed by atoms with E-state index in [9.17, 15) is 31.6 Å². The highest BCUT2D eigenvalue weighted by Gasteiger charge is 2.53. The monoisotopic (exact) mass is 513 g/mol. The van der Waals surface area contributed by atoms with Crippen LogP contribution in [0.2, 0.25) is 0 Å². The van der Waals surface area contributed by atoms with Crippen LogP contribution in [-0.4, -0.2) is 42.3 Å². The number of sulfone groups is 1. The largest absolute Gasteiger partial charge is 0.297 e. The molecule has 36 heavy (non-hydrogen) atoms. The predicted octanol–water partition coefficient (Wildman–Crippen LogP) is 3.46. The SMILES string of the molecule is Cc1ccc(N2C(=O)C(=O)C(C(=O)c3ccc(S(C)(=O)=O)cc3)C2c2ccc(C(C)(F)F)cc2)nn1. The lowest BCUT2D eigenvalue weighted by molar-refractivity contribution is -0.135. The average Bonchev–Trinajstić information content (AvgIpc) is 3.09. The fourth-order valence-electron chi connectivity index (χ4n) is 4.06. The molecule has 1 amide bonds. The molecule has 0 aliphatic carbocycles. The lowest BCUT2D eigenvalue weighted by Gasteiger charge is -2.26. The molecule has 2 aromatic carbocycles. The number of anilines is 1. The van der Waals surface area contributed by atoms with Gasteiger partial charge in [-0.25, -0.2) is 17.2 Å². The summed E-state index contributed by atoms with van der Waals surface area (Å²) in [6, 6.07) is 11.9. The molecule has 1 saturated heterocycles. The first-order valence-electron chi connectivity index (χ1n) is 10.8. The van der Waals surface area contributed by atoms with Crippen molar-refractivity contribution in [1.82, 2.24) is 10.2 Å². The average molecular weight is 514 g/mol. The molecule has 8 nitrogen and oxygen atoms in total. The van der Waals surface area contributed by atoms with E-state index < -0.39 is 45.2 Å². The minimum Gasteiger partial charge on any atom is -0.293 e. The van der Waals surface area contributed by atoms with Crippen LogP contribution in [0.3, 0.4) is 0 Å². The van der Waals surface area contributed by atoms with Gasteiger partial charge in [0.15, 0.2) is 21.4 Å². The van der Waals surface area contributed by atoms with E-state index in [1.165, 1.54) is 54.6 Å². The Morgan fingerprint density at radius 3 is 2.06 bits per heavy atom. The van der Waals surface area contributed by atoms with Crippen LogP contribution in [0.4, 0.5) is 14.6 Å². The lowest BCUT2D eigenvalue weighted by atomic mass is 9.86. The predicted molar refractivity (Wildman–Crippen MR) is 125 cm³/mol. The second kappa shape index (κ2) is 8.98. The number of halogens is 2. The number of aromatic nitrogens is 2. The third-order valence-corrected chi connectivity index (χ3v) is 7.07. The van der Waals surface area contributed by atoms with E-state index in [2.05, 4.69) is 10.2 Å². The highest BCUT2D eigenvalue weighted by atomic mass is 32.2. The molecule has 11 heteroatoms. The number of nitrogens with zero attached hydrogens (tertiary/aromatic N) is 3. The van der Waals surface area contributed by atoms with E-state index in [1.807, 2.05) is 0 Å². The van der Waals surface area contributed by atoms with Gasteiger partial charge in [-0.3, -0.25) is 19.3 Å². The van der Waals surface area contributed by atoms with Gasteiger partial charge >= 0.3 is 0 Å². The molecular formula is C25H21F2N3O5S. The van der Waals surface area contributed by atoms with Gasteiger partial charge in [0.25, 0.3) is 11.8 Å². The first-order valence-corrected chi connectivity index (χ1v) is 12.7. The fourth-order valence-corrected chi connectivity index (χ4v) is 4.69. The summed E-state index contributed by atoms with van der Waals surface area (Å²) in [5.41, 5.74) is 0.576. The van der Waals surface area contributed by atoms with Crippen LogP contribution < -0.4 is 4.90 Å². The molecule has 1 aliphatic heterocycles.